The van der Waals surface area contributed by atoms with Gasteiger partial charge in [0.05, 0.1) is 12.1 Å². The Morgan fingerprint density at radius 1 is 0.724 bits per heavy atom. The standard InChI is InChI=1S/C27H24N2/c1-18-10-8-15-23-21-13-6-7-14-22(21)24-16-9-17-25-27(24)29(26(18)23)19(2)28(25)20-11-4-3-5-12-20/h3-17,19,25,27H,1-2H3/t19-,25?,27?/m0/s1. The van der Waals surface area contributed by atoms with Crippen molar-refractivity contribution in [1.29, 1.82) is 0 Å². The van der Waals surface area contributed by atoms with Crippen molar-refractivity contribution in [1.82, 2.24) is 0 Å². The van der Waals surface area contributed by atoms with Crippen LogP contribution in [0.2, 0.25) is 0 Å². The predicted molar refractivity (Wildman–Crippen MR) is 122 cm³/mol. The fourth-order valence-electron chi connectivity index (χ4n) is 5.59. The summed E-state index contributed by atoms with van der Waals surface area (Å²) in [7, 11) is 0. The molecule has 0 bridgehead atoms. The van der Waals surface area contributed by atoms with Crippen LogP contribution in [-0.2, 0) is 0 Å². The van der Waals surface area contributed by atoms with Gasteiger partial charge < -0.3 is 9.80 Å². The van der Waals surface area contributed by atoms with Gasteiger partial charge in [0.2, 0.25) is 0 Å². The third-order valence-electron chi connectivity index (χ3n) is 6.73. The van der Waals surface area contributed by atoms with Gasteiger partial charge in [-0.15, -0.1) is 0 Å². The minimum Gasteiger partial charge on any atom is -0.342 e. The molecule has 2 nitrogen and oxygen atoms in total. The fourth-order valence-corrected chi connectivity index (χ4v) is 5.59. The smallest absolute Gasteiger partial charge is 0.100 e. The number of fused-ring (bicyclic) bond motifs is 5. The van der Waals surface area contributed by atoms with Crippen molar-refractivity contribution in [2.45, 2.75) is 32.1 Å². The number of para-hydroxylation sites is 2. The number of anilines is 2. The van der Waals surface area contributed by atoms with Gasteiger partial charge in [0.1, 0.15) is 6.17 Å². The van der Waals surface area contributed by atoms with Crippen LogP contribution >= 0.6 is 0 Å². The number of nitrogens with zero attached hydrogens (tertiary/aromatic N) is 2. The molecule has 3 aromatic carbocycles. The van der Waals surface area contributed by atoms with Crippen LogP contribution in [0.25, 0.3) is 16.7 Å². The predicted octanol–water partition coefficient (Wildman–Crippen LogP) is 6.04. The van der Waals surface area contributed by atoms with E-state index in [2.05, 4.69) is 115 Å². The zero-order chi connectivity index (χ0) is 19.5. The van der Waals surface area contributed by atoms with E-state index in [1.807, 2.05) is 0 Å². The summed E-state index contributed by atoms with van der Waals surface area (Å²) in [6.45, 7) is 4.60. The van der Waals surface area contributed by atoms with Crippen molar-refractivity contribution < 1.29 is 0 Å². The molecule has 1 fully saturated rings. The van der Waals surface area contributed by atoms with Crippen LogP contribution in [0.4, 0.5) is 11.4 Å². The summed E-state index contributed by atoms with van der Waals surface area (Å²) in [6, 6.07) is 27.1. The lowest BCUT2D eigenvalue weighted by molar-refractivity contribution is 0.714. The first-order valence-corrected chi connectivity index (χ1v) is 10.5. The van der Waals surface area contributed by atoms with E-state index in [1.165, 1.54) is 39.2 Å². The van der Waals surface area contributed by atoms with E-state index in [1.54, 1.807) is 0 Å². The summed E-state index contributed by atoms with van der Waals surface area (Å²) < 4.78 is 0. The van der Waals surface area contributed by atoms with E-state index in [-0.39, 0.29) is 6.17 Å². The van der Waals surface area contributed by atoms with E-state index in [4.69, 9.17) is 0 Å². The van der Waals surface area contributed by atoms with Gasteiger partial charge in [0.25, 0.3) is 0 Å². The summed E-state index contributed by atoms with van der Waals surface area (Å²) in [5.41, 5.74) is 9.48. The molecule has 29 heavy (non-hydrogen) atoms. The first-order chi connectivity index (χ1) is 14.3. The molecule has 3 aliphatic rings. The summed E-state index contributed by atoms with van der Waals surface area (Å²) in [5.74, 6) is 0. The lowest BCUT2D eigenvalue weighted by atomic mass is 9.87. The lowest BCUT2D eigenvalue weighted by Crippen LogP contribution is -2.39. The monoisotopic (exact) mass is 376 g/mol. The molecule has 2 heterocycles. The molecule has 1 aliphatic carbocycles. The Morgan fingerprint density at radius 3 is 2.28 bits per heavy atom. The zero-order valence-corrected chi connectivity index (χ0v) is 16.8. The van der Waals surface area contributed by atoms with Gasteiger partial charge in [-0.3, -0.25) is 0 Å². The summed E-state index contributed by atoms with van der Waals surface area (Å²) in [6.07, 6.45) is 7.22. The molecule has 0 aromatic heterocycles. The van der Waals surface area contributed by atoms with Crippen LogP contribution in [0.15, 0.2) is 91.0 Å². The van der Waals surface area contributed by atoms with Gasteiger partial charge in [-0.2, -0.15) is 0 Å². The summed E-state index contributed by atoms with van der Waals surface area (Å²) >= 11 is 0. The maximum atomic E-state index is 2.66. The van der Waals surface area contributed by atoms with Crippen molar-refractivity contribution >= 4 is 16.9 Å². The highest BCUT2D eigenvalue weighted by molar-refractivity contribution is 5.97. The molecule has 1 saturated heterocycles. The number of hydrogen-bond donors (Lipinski definition) is 0. The normalized spacial score (nSPS) is 23.8. The molecule has 142 valence electrons. The Hall–Kier alpha value is -3.26. The number of allylic oxidation sites excluding steroid dienone is 2. The molecule has 3 atom stereocenters. The van der Waals surface area contributed by atoms with Crippen LogP contribution in [0.1, 0.15) is 18.1 Å². The van der Waals surface area contributed by atoms with E-state index in [9.17, 15) is 0 Å². The highest BCUT2D eigenvalue weighted by Gasteiger charge is 2.49. The maximum absolute atomic E-state index is 2.66. The van der Waals surface area contributed by atoms with Crippen LogP contribution in [-0.4, -0.2) is 18.2 Å². The molecule has 3 aromatic rings. The van der Waals surface area contributed by atoms with Crippen LogP contribution in [0.3, 0.4) is 0 Å². The van der Waals surface area contributed by atoms with E-state index < -0.39 is 0 Å². The molecular weight excluding hydrogens is 352 g/mol. The van der Waals surface area contributed by atoms with E-state index >= 15 is 0 Å². The summed E-state index contributed by atoms with van der Waals surface area (Å²) in [4.78, 5) is 5.25. The molecule has 0 saturated carbocycles. The molecule has 0 radical (unpaired) electrons. The van der Waals surface area contributed by atoms with Gasteiger partial charge in [-0.25, -0.2) is 0 Å². The van der Waals surface area contributed by atoms with Crippen LogP contribution in [0.5, 0.6) is 0 Å². The van der Waals surface area contributed by atoms with Crippen molar-refractivity contribution in [3.8, 4) is 11.1 Å². The quantitative estimate of drug-likeness (QED) is 0.511. The lowest BCUT2D eigenvalue weighted by Gasteiger charge is -2.33. The van der Waals surface area contributed by atoms with Gasteiger partial charge in [-0.05, 0) is 48.2 Å². The van der Waals surface area contributed by atoms with Crippen molar-refractivity contribution in [3.63, 3.8) is 0 Å². The Morgan fingerprint density at radius 2 is 1.45 bits per heavy atom. The fraction of sp³-hybridized carbons (Fsp3) is 0.185. The Balaban J connectivity index is 1.66. The van der Waals surface area contributed by atoms with E-state index in [0.29, 0.717) is 12.1 Å². The Bertz CT molecular complexity index is 1160. The molecule has 0 spiro atoms. The van der Waals surface area contributed by atoms with Gasteiger partial charge in [-0.1, -0.05) is 78.9 Å². The average molecular weight is 377 g/mol. The number of rotatable bonds is 1. The Kier molecular flexibility index (Phi) is 3.52. The van der Waals surface area contributed by atoms with Gasteiger partial charge in [0.15, 0.2) is 0 Å². The topological polar surface area (TPSA) is 6.48 Å². The second-order valence-corrected chi connectivity index (χ2v) is 8.24. The minimum absolute atomic E-state index is 0.257. The first-order valence-electron chi connectivity index (χ1n) is 10.5. The minimum atomic E-state index is 0.257. The first kappa shape index (κ1) is 16.7. The maximum Gasteiger partial charge on any atom is 0.100 e. The van der Waals surface area contributed by atoms with Gasteiger partial charge in [0, 0.05) is 16.9 Å². The van der Waals surface area contributed by atoms with Crippen molar-refractivity contribution in [3.05, 3.63) is 102 Å². The second-order valence-electron chi connectivity index (χ2n) is 8.24. The highest BCUT2D eigenvalue weighted by atomic mass is 15.5. The zero-order valence-electron chi connectivity index (χ0n) is 16.8. The third-order valence-corrected chi connectivity index (χ3v) is 6.73. The number of benzene rings is 3. The molecule has 2 unspecified atom stereocenters. The molecule has 6 rings (SSSR count). The molecule has 0 amide bonds. The van der Waals surface area contributed by atoms with Gasteiger partial charge >= 0.3 is 0 Å². The SMILES string of the molecule is Cc1cccc2c1N1C3C(=CC=CC3N(c3ccccc3)[C@@H]1C)c1ccccc1-2. The van der Waals surface area contributed by atoms with Crippen LogP contribution in [0, 0.1) is 6.92 Å². The van der Waals surface area contributed by atoms with Crippen molar-refractivity contribution in [2.75, 3.05) is 9.80 Å². The number of hydrogen-bond acceptors (Lipinski definition) is 2. The molecule has 2 aliphatic heterocycles. The molecule has 0 N–H and O–H groups in total. The number of aryl methyl sites for hydroxylation is 1. The highest BCUT2D eigenvalue weighted by Crippen LogP contribution is 2.51. The van der Waals surface area contributed by atoms with E-state index in [0.717, 1.165) is 0 Å². The average Bonchev–Trinajstić information content (AvgIpc) is 2.98. The molecule has 2 heteroatoms. The van der Waals surface area contributed by atoms with Crippen LogP contribution < -0.4 is 9.80 Å². The van der Waals surface area contributed by atoms with Crippen molar-refractivity contribution in [2.24, 2.45) is 0 Å². The second kappa shape index (κ2) is 6.12. The Labute approximate surface area is 172 Å². The molecular formula is C27H24N2. The third kappa shape index (κ3) is 2.23. The largest absolute Gasteiger partial charge is 0.342 e. The summed E-state index contributed by atoms with van der Waals surface area (Å²) in [5, 5.41) is 0.